The van der Waals surface area contributed by atoms with Crippen LogP contribution < -0.4 is 4.90 Å². The first-order valence-corrected chi connectivity index (χ1v) is 7.59. The highest BCUT2D eigenvalue weighted by molar-refractivity contribution is 6.09. The predicted octanol–water partition coefficient (Wildman–Crippen LogP) is 1.97. The molecule has 0 radical (unpaired) electrons. The van der Waals surface area contributed by atoms with Crippen molar-refractivity contribution >= 4 is 16.7 Å². The van der Waals surface area contributed by atoms with E-state index in [0.29, 0.717) is 6.54 Å². The smallest absolute Gasteiger partial charge is 0.219 e. The monoisotopic (exact) mass is 271 g/mol. The van der Waals surface area contributed by atoms with Crippen molar-refractivity contribution in [3.8, 4) is 0 Å². The van der Waals surface area contributed by atoms with Gasteiger partial charge in [0.15, 0.2) is 0 Å². The fraction of sp³-hybridized carbons (Fsp3) is 0.471. The van der Waals surface area contributed by atoms with E-state index < -0.39 is 0 Å². The SMILES string of the molecule is Cc1[nH]c2ccccc2c1C(=O)C[NH+]1CCC[C@H](C)C1. The third-order valence-electron chi connectivity index (χ3n) is 4.45. The van der Waals surface area contributed by atoms with Crippen molar-refractivity contribution in [2.75, 3.05) is 19.6 Å². The Balaban J connectivity index is 1.83. The fourth-order valence-electron chi connectivity index (χ4n) is 3.51. The molecule has 1 unspecified atom stereocenters. The molecule has 2 aromatic rings. The number of rotatable bonds is 3. The van der Waals surface area contributed by atoms with Gasteiger partial charge in [-0.25, -0.2) is 0 Å². The zero-order valence-corrected chi connectivity index (χ0v) is 12.3. The standard InChI is InChI=1S/C17H22N2O/c1-12-6-5-9-19(10-12)11-16(20)17-13(2)18-15-8-4-3-7-14(15)17/h3-4,7-8,12,18H,5-6,9-11H2,1-2H3/p+1/t12-/m0/s1. The summed E-state index contributed by atoms with van der Waals surface area (Å²) in [6.45, 7) is 7.19. The van der Waals surface area contributed by atoms with Crippen LogP contribution >= 0.6 is 0 Å². The van der Waals surface area contributed by atoms with Crippen molar-refractivity contribution in [2.45, 2.75) is 26.7 Å². The maximum atomic E-state index is 12.7. The normalized spacial score (nSPS) is 23.1. The van der Waals surface area contributed by atoms with Gasteiger partial charge >= 0.3 is 0 Å². The maximum absolute atomic E-state index is 12.7. The molecule has 1 aliphatic rings. The second-order valence-corrected chi connectivity index (χ2v) is 6.22. The zero-order valence-electron chi connectivity index (χ0n) is 12.3. The summed E-state index contributed by atoms with van der Waals surface area (Å²) >= 11 is 0. The van der Waals surface area contributed by atoms with E-state index in [1.165, 1.54) is 17.7 Å². The molecule has 3 nitrogen and oxygen atoms in total. The topological polar surface area (TPSA) is 37.3 Å². The molecule has 20 heavy (non-hydrogen) atoms. The Kier molecular flexibility index (Phi) is 3.62. The van der Waals surface area contributed by atoms with Crippen LogP contribution in [0.2, 0.25) is 0 Å². The number of para-hydroxylation sites is 1. The fourth-order valence-corrected chi connectivity index (χ4v) is 3.51. The van der Waals surface area contributed by atoms with Gasteiger partial charge in [-0.15, -0.1) is 0 Å². The number of ketones is 1. The number of carbonyl (C=O) groups is 1. The van der Waals surface area contributed by atoms with E-state index in [1.807, 2.05) is 31.2 Å². The van der Waals surface area contributed by atoms with E-state index in [2.05, 4.69) is 11.9 Å². The Morgan fingerprint density at radius 3 is 3.00 bits per heavy atom. The van der Waals surface area contributed by atoms with Crippen molar-refractivity contribution in [1.29, 1.82) is 0 Å². The number of aryl methyl sites for hydroxylation is 1. The summed E-state index contributed by atoms with van der Waals surface area (Å²) in [5, 5.41) is 1.07. The first-order chi connectivity index (χ1) is 9.65. The molecule has 0 saturated carbocycles. The first-order valence-electron chi connectivity index (χ1n) is 7.59. The summed E-state index contributed by atoms with van der Waals surface area (Å²) in [7, 11) is 0. The molecule has 106 valence electrons. The molecule has 1 aromatic heterocycles. The molecule has 2 atom stereocenters. The number of benzene rings is 1. The Morgan fingerprint density at radius 1 is 1.40 bits per heavy atom. The first kappa shape index (κ1) is 13.4. The summed E-state index contributed by atoms with van der Waals surface area (Å²) in [5.74, 6) is 1.03. The van der Waals surface area contributed by atoms with Crippen LogP contribution in [0.5, 0.6) is 0 Å². The molecular weight excluding hydrogens is 248 g/mol. The van der Waals surface area contributed by atoms with E-state index in [9.17, 15) is 4.79 Å². The van der Waals surface area contributed by atoms with E-state index >= 15 is 0 Å². The summed E-state index contributed by atoms with van der Waals surface area (Å²) in [4.78, 5) is 17.4. The number of Topliss-reactive ketones (excluding diaryl/α,β-unsaturated/α-hetero) is 1. The van der Waals surface area contributed by atoms with Gasteiger partial charge in [-0.3, -0.25) is 4.79 Å². The molecule has 1 aromatic carbocycles. The van der Waals surface area contributed by atoms with Gasteiger partial charge in [0.05, 0.1) is 18.7 Å². The average molecular weight is 271 g/mol. The Morgan fingerprint density at radius 2 is 2.20 bits per heavy atom. The lowest BCUT2D eigenvalue weighted by molar-refractivity contribution is -0.900. The molecule has 3 rings (SSSR count). The molecule has 2 N–H and O–H groups in total. The summed E-state index contributed by atoms with van der Waals surface area (Å²) in [5.41, 5.74) is 2.96. The van der Waals surface area contributed by atoms with Gasteiger partial charge in [-0.2, -0.15) is 0 Å². The molecule has 1 aliphatic heterocycles. The lowest BCUT2D eigenvalue weighted by atomic mass is 9.99. The van der Waals surface area contributed by atoms with Crippen molar-refractivity contribution in [3.05, 3.63) is 35.5 Å². The average Bonchev–Trinajstić information content (AvgIpc) is 2.74. The molecule has 0 spiro atoms. The Bertz CT molecular complexity index is 629. The highest BCUT2D eigenvalue weighted by atomic mass is 16.1. The predicted molar refractivity (Wildman–Crippen MR) is 81.3 cm³/mol. The molecule has 0 aliphatic carbocycles. The number of hydrogen-bond acceptors (Lipinski definition) is 1. The van der Waals surface area contributed by atoms with Crippen LogP contribution in [0.15, 0.2) is 24.3 Å². The number of aromatic amines is 1. The van der Waals surface area contributed by atoms with E-state index in [0.717, 1.165) is 41.2 Å². The van der Waals surface area contributed by atoms with Crippen LogP contribution in [0.1, 0.15) is 35.8 Å². The second-order valence-electron chi connectivity index (χ2n) is 6.22. The quantitative estimate of drug-likeness (QED) is 0.823. The van der Waals surface area contributed by atoms with Crippen LogP contribution in [0, 0.1) is 12.8 Å². The van der Waals surface area contributed by atoms with Gasteiger partial charge in [0.25, 0.3) is 0 Å². The van der Waals surface area contributed by atoms with Gasteiger partial charge in [-0.1, -0.05) is 25.1 Å². The Hall–Kier alpha value is -1.61. The van der Waals surface area contributed by atoms with E-state index in [-0.39, 0.29) is 5.78 Å². The van der Waals surface area contributed by atoms with Gasteiger partial charge in [0, 0.05) is 22.5 Å². The van der Waals surface area contributed by atoms with Crippen molar-refractivity contribution in [3.63, 3.8) is 0 Å². The molecule has 2 heterocycles. The van der Waals surface area contributed by atoms with Gasteiger partial charge in [0.1, 0.15) is 6.54 Å². The molecule has 0 amide bonds. The van der Waals surface area contributed by atoms with Crippen molar-refractivity contribution in [2.24, 2.45) is 5.92 Å². The van der Waals surface area contributed by atoms with Crippen LogP contribution in [0.25, 0.3) is 10.9 Å². The number of fused-ring (bicyclic) bond motifs is 1. The van der Waals surface area contributed by atoms with Crippen LogP contribution in [0.4, 0.5) is 0 Å². The largest absolute Gasteiger partial charge is 0.358 e. The number of piperidine rings is 1. The minimum Gasteiger partial charge on any atom is -0.358 e. The van der Waals surface area contributed by atoms with Gasteiger partial charge in [-0.05, 0) is 25.8 Å². The maximum Gasteiger partial charge on any atom is 0.219 e. The highest BCUT2D eigenvalue weighted by Crippen LogP contribution is 2.21. The second kappa shape index (κ2) is 5.41. The van der Waals surface area contributed by atoms with Crippen LogP contribution in [0.3, 0.4) is 0 Å². The van der Waals surface area contributed by atoms with E-state index in [4.69, 9.17) is 0 Å². The molecular formula is C17H23N2O+. The number of nitrogens with one attached hydrogen (secondary N) is 2. The number of H-pyrrole nitrogens is 1. The van der Waals surface area contributed by atoms with Crippen molar-refractivity contribution < 1.29 is 9.69 Å². The number of likely N-dealkylation sites (tertiary alicyclic amines) is 1. The van der Waals surface area contributed by atoms with Gasteiger partial charge < -0.3 is 9.88 Å². The number of hydrogen-bond donors (Lipinski definition) is 2. The number of carbonyl (C=O) groups excluding carboxylic acids is 1. The highest BCUT2D eigenvalue weighted by Gasteiger charge is 2.24. The summed E-state index contributed by atoms with van der Waals surface area (Å²) in [6.07, 6.45) is 2.56. The number of quaternary nitrogens is 1. The molecule has 3 heteroatoms. The molecule has 0 bridgehead atoms. The van der Waals surface area contributed by atoms with Crippen LogP contribution in [-0.4, -0.2) is 30.4 Å². The lowest BCUT2D eigenvalue weighted by Crippen LogP contribution is -3.14. The lowest BCUT2D eigenvalue weighted by Gasteiger charge is -2.27. The van der Waals surface area contributed by atoms with Crippen LogP contribution in [-0.2, 0) is 0 Å². The van der Waals surface area contributed by atoms with Gasteiger partial charge in [0.2, 0.25) is 5.78 Å². The number of aromatic nitrogens is 1. The molecule has 1 fully saturated rings. The Labute approximate surface area is 120 Å². The molecule has 1 saturated heterocycles. The van der Waals surface area contributed by atoms with E-state index in [1.54, 1.807) is 0 Å². The third kappa shape index (κ3) is 2.50. The zero-order chi connectivity index (χ0) is 14.1. The third-order valence-corrected chi connectivity index (χ3v) is 4.45. The minimum absolute atomic E-state index is 0.282. The summed E-state index contributed by atoms with van der Waals surface area (Å²) in [6, 6.07) is 8.08. The summed E-state index contributed by atoms with van der Waals surface area (Å²) < 4.78 is 0. The van der Waals surface area contributed by atoms with Crippen molar-refractivity contribution in [1.82, 2.24) is 4.98 Å². The minimum atomic E-state index is 0.282.